The number of carbonyl (C=O) groups is 3. The van der Waals surface area contributed by atoms with Gasteiger partial charge < -0.3 is 45.1 Å². The molecule has 3 aliphatic heterocycles. The molecule has 0 aliphatic carbocycles. The summed E-state index contributed by atoms with van der Waals surface area (Å²) in [6.07, 6.45) is 2.05. The van der Waals surface area contributed by atoms with Gasteiger partial charge in [-0.05, 0) is 79.3 Å². The summed E-state index contributed by atoms with van der Waals surface area (Å²) >= 11 is 1.52. The summed E-state index contributed by atoms with van der Waals surface area (Å²) in [5, 5.41) is 19.6. The van der Waals surface area contributed by atoms with Crippen molar-refractivity contribution in [3.63, 3.8) is 0 Å². The number of hydrogen-bond donors (Lipinski definition) is 3. The number of para-hydroxylation sites is 1. The number of thiazole rings is 1. The Balaban J connectivity index is 0.740. The van der Waals surface area contributed by atoms with Gasteiger partial charge in [-0.25, -0.2) is 19.6 Å². The van der Waals surface area contributed by atoms with Crippen LogP contribution in [0.5, 0.6) is 17.2 Å². The first kappa shape index (κ1) is 49.9. The molecule has 2 saturated heterocycles. The van der Waals surface area contributed by atoms with Crippen molar-refractivity contribution in [1.29, 1.82) is 0 Å². The third-order valence-electron chi connectivity index (χ3n) is 14.1. The van der Waals surface area contributed by atoms with Gasteiger partial charge in [-0.2, -0.15) is 5.10 Å². The van der Waals surface area contributed by atoms with E-state index in [0.717, 1.165) is 44.3 Å². The Labute approximate surface area is 433 Å². The van der Waals surface area contributed by atoms with Gasteiger partial charge in [0, 0.05) is 61.5 Å². The van der Waals surface area contributed by atoms with Crippen LogP contribution in [0.3, 0.4) is 0 Å². The zero-order chi connectivity index (χ0) is 51.5. The van der Waals surface area contributed by atoms with E-state index < -0.39 is 18.2 Å². The van der Waals surface area contributed by atoms with Gasteiger partial charge in [0.2, 0.25) is 17.7 Å². The minimum atomic E-state index is -0.861. The predicted molar refractivity (Wildman–Crippen MR) is 283 cm³/mol. The number of rotatable bonds is 17. The molecule has 3 aliphatic rings. The van der Waals surface area contributed by atoms with E-state index in [0.29, 0.717) is 72.1 Å². The third-order valence-corrected chi connectivity index (χ3v) is 15.1. The Hall–Kier alpha value is -7.67. The second-order valence-electron chi connectivity index (χ2n) is 19.3. The number of likely N-dealkylation sites (tertiary alicyclic amines) is 2. The van der Waals surface area contributed by atoms with Crippen molar-refractivity contribution in [2.24, 2.45) is 5.92 Å². The summed E-state index contributed by atoms with van der Waals surface area (Å²) < 4.78 is 20.1. The van der Waals surface area contributed by atoms with Crippen LogP contribution in [-0.4, -0.2) is 120 Å². The molecule has 0 unspecified atom stereocenters. The summed E-state index contributed by atoms with van der Waals surface area (Å²) in [6, 6.07) is 29.6. The van der Waals surface area contributed by atoms with Crippen molar-refractivity contribution < 1.29 is 33.7 Å². The molecular weight excluding hydrogens is 957 g/mol. The van der Waals surface area contributed by atoms with Crippen LogP contribution < -0.4 is 20.5 Å². The Bertz CT molecular complexity index is 3170. The predicted octanol–water partition coefficient (Wildman–Crippen LogP) is 7.65. The number of aromatic nitrogens is 5. The number of hydrogen-bond acceptors (Lipinski definition) is 14. The van der Waals surface area contributed by atoms with Crippen LogP contribution in [0.1, 0.15) is 61.5 Å². The number of aliphatic hydroxyl groups is 1. The highest BCUT2D eigenvalue weighted by atomic mass is 32.1. The molecular formula is C56H60N10O7S. The normalized spacial score (nSPS) is 17.3. The Morgan fingerprint density at radius 3 is 2.41 bits per heavy atom. The molecule has 0 bridgehead atoms. The maximum Gasteiger partial charge on any atom is 0.248 e. The lowest BCUT2D eigenvalue weighted by molar-refractivity contribution is -0.143. The lowest BCUT2D eigenvalue weighted by atomic mass is 10.00. The molecule has 17 nitrogen and oxygen atoms in total. The molecule has 2 fully saturated rings. The number of fused-ring (bicyclic) bond motifs is 2. The number of nitrogens with one attached hydrogen (secondary N) is 1. The summed E-state index contributed by atoms with van der Waals surface area (Å²) in [5.41, 5.74) is 15.8. The highest BCUT2D eigenvalue weighted by Crippen LogP contribution is 2.38. The number of β-amino-alcohol motifs (C(OH)–C–C–N with tert-alkyl or cyclic N) is 1. The molecule has 3 aromatic heterocycles. The fourth-order valence-electron chi connectivity index (χ4n) is 10.3. The van der Waals surface area contributed by atoms with Crippen LogP contribution in [-0.2, 0) is 32.2 Å². The molecule has 10 rings (SSSR count). The number of carbonyl (C=O) groups excluding carboxylic acids is 3. The van der Waals surface area contributed by atoms with Gasteiger partial charge in [-0.3, -0.25) is 14.4 Å². The smallest absolute Gasteiger partial charge is 0.248 e. The molecule has 6 heterocycles. The van der Waals surface area contributed by atoms with Gasteiger partial charge in [-0.1, -0.05) is 75.0 Å². The van der Waals surface area contributed by atoms with Gasteiger partial charge in [0.05, 0.1) is 40.2 Å². The monoisotopic (exact) mass is 1020 g/mol. The molecule has 0 saturated carbocycles. The molecule has 7 aromatic rings. The van der Waals surface area contributed by atoms with Crippen LogP contribution >= 0.6 is 11.3 Å². The molecule has 4 N–H and O–H groups in total. The zero-order valence-corrected chi connectivity index (χ0v) is 42.5. The van der Waals surface area contributed by atoms with E-state index in [1.807, 2.05) is 132 Å². The number of aliphatic hydroxyl groups excluding tert-OH is 1. The van der Waals surface area contributed by atoms with E-state index >= 15 is 0 Å². The van der Waals surface area contributed by atoms with Crippen LogP contribution in [0.25, 0.3) is 38.4 Å². The van der Waals surface area contributed by atoms with Crippen molar-refractivity contribution >= 4 is 51.6 Å². The molecule has 0 radical (unpaired) electrons. The lowest BCUT2D eigenvalue weighted by Crippen LogP contribution is -2.54. The lowest BCUT2D eigenvalue weighted by Gasteiger charge is -2.36. The fourth-order valence-corrected chi connectivity index (χ4v) is 11.1. The molecule has 4 aromatic carbocycles. The number of nitrogen functional groups attached to an aromatic ring is 1. The SMILES string of the molecule is C=C1c2ccccc2CN1[C@H](C(=O)N1C[C@H](O)C[C@H]1C(=O)NCc1ccc(-c2scnc2C)cc1OCCOCC(=O)N1CCC(n2nc(-c3ccc(Oc4ccccc4)cc3)c3c(N)ncnc32)CC1)C(C)C. The highest BCUT2D eigenvalue weighted by molar-refractivity contribution is 7.13. The van der Waals surface area contributed by atoms with E-state index in [1.54, 1.807) is 5.51 Å². The molecule has 3 amide bonds. The zero-order valence-electron chi connectivity index (χ0n) is 41.7. The summed E-state index contributed by atoms with van der Waals surface area (Å²) in [4.78, 5) is 61.6. The molecule has 382 valence electrons. The number of ether oxygens (including phenoxy) is 3. The summed E-state index contributed by atoms with van der Waals surface area (Å²) in [5.74, 6) is 1.53. The minimum absolute atomic E-state index is 0.0220. The fraction of sp³-hybridized carbons (Fsp3) is 0.339. The van der Waals surface area contributed by atoms with Gasteiger partial charge >= 0.3 is 0 Å². The number of amides is 3. The first-order chi connectivity index (χ1) is 35.9. The quantitative estimate of drug-likeness (QED) is 0.0752. The second kappa shape index (κ2) is 21.8. The number of piperidine rings is 1. The number of aryl methyl sites for hydroxylation is 1. The number of anilines is 1. The first-order valence-corrected chi connectivity index (χ1v) is 25.9. The van der Waals surface area contributed by atoms with Crippen molar-refractivity contribution in [3.8, 4) is 38.9 Å². The van der Waals surface area contributed by atoms with Crippen LogP contribution in [0.15, 0.2) is 115 Å². The standard InChI is InChI=1S/C56H60N10O7S/c1-34(2)51(64-29-40-10-8-9-13-45(40)36(64)4)56(70)65-30-42(67)27-46(65)55(69)58-28-39-15-14-38(52-35(3)61-33-74-52)26-47(39)72-25-24-71-31-48(68)63-22-20-41(21-23-63)66-54-49(53(57)59-32-60-54)50(62-66)37-16-18-44(19-17-37)73-43-11-6-5-7-12-43/h5-19,26,32-34,41-42,46,51,67H,4,20-25,27-31H2,1-3H3,(H,58,69)(H2,57,59,60)/t42-,46+,51+/m1/s1. The van der Waals surface area contributed by atoms with Gasteiger partial charge in [0.25, 0.3) is 0 Å². The summed E-state index contributed by atoms with van der Waals surface area (Å²) in [7, 11) is 0. The van der Waals surface area contributed by atoms with Crippen molar-refractivity contribution in [2.45, 2.75) is 77.4 Å². The maximum absolute atomic E-state index is 14.4. The van der Waals surface area contributed by atoms with E-state index in [4.69, 9.17) is 25.0 Å². The molecule has 74 heavy (non-hydrogen) atoms. The molecule has 0 spiro atoms. The van der Waals surface area contributed by atoms with E-state index in [-0.39, 0.29) is 69.0 Å². The van der Waals surface area contributed by atoms with E-state index in [2.05, 4.69) is 26.8 Å². The Morgan fingerprint density at radius 2 is 1.66 bits per heavy atom. The average molecular weight is 1020 g/mol. The molecule has 18 heteroatoms. The maximum atomic E-state index is 14.4. The highest BCUT2D eigenvalue weighted by Gasteiger charge is 2.45. The summed E-state index contributed by atoms with van der Waals surface area (Å²) in [6.45, 7) is 12.2. The van der Waals surface area contributed by atoms with Gasteiger partial charge in [-0.15, -0.1) is 11.3 Å². The Kier molecular flexibility index (Phi) is 14.7. The number of benzene rings is 4. The van der Waals surface area contributed by atoms with E-state index in [1.165, 1.54) is 22.6 Å². The van der Waals surface area contributed by atoms with Gasteiger partial charge in [0.15, 0.2) is 5.65 Å². The van der Waals surface area contributed by atoms with Crippen LogP contribution in [0.2, 0.25) is 0 Å². The molecule has 3 atom stereocenters. The van der Waals surface area contributed by atoms with E-state index in [9.17, 15) is 19.5 Å². The second-order valence-corrected chi connectivity index (χ2v) is 20.2. The average Bonchev–Trinajstić information content (AvgIpc) is 4.21. The van der Waals surface area contributed by atoms with Crippen molar-refractivity contribution in [1.82, 2.24) is 44.7 Å². The van der Waals surface area contributed by atoms with Crippen LogP contribution in [0, 0.1) is 12.8 Å². The van der Waals surface area contributed by atoms with Gasteiger partial charge in [0.1, 0.15) is 60.4 Å². The largest absolute Gasteiger partial charge is 0.491 e. The minimum Gasteiger partial charge on any atom is -0.491 e. The van der Waals surface area contributed by atoms with Crippen molar-refractivity contribution in [2.75, 3.05) is 45.2 Å². The topological polar surface area (TPSA) is 203 Å². The third kappa shape index (κ3) is 10.4. The first-order valence-electron chi connectivity index (χ1n) is 25.1. The Morgan fingerprint density at radius 1 is 0.919 bits per heavy atom. The van der Waals surface area contributed by atoms with Crippen molar-refractivity contribution in [3.05, 3.63) is 138 Å². The van der Waals surface area contributed by atoms with Crippen LogP contribution in [0.4, 0.5) is 5.82 Å². The number of nitrogens with two attached hydrogens (primary N) is 1. The number of nitrogens with zero attached hydrogens (tertiary/aromatic N) is 8.